The zero-order chi connectivity index (χ0) is 8.43. The summed E-state index contributed by atoms with van der Waals surface area (Å²) in [6.45, 7) is 1.48. The van der Waals surface area contributed by atoms with Crippen molar-refractivity contribution < 1.29 is 4.79 Å². The van der Waals surface area contributed by atoms with Gasteiger partial charge in [-0.25, -0.2) is 0 Å². The zero-order valence-corrected chi connectivity index (χ0v) is 6.46. The van der Waals surface area contributed by atoms with Gasteiger partial charge in [-0.2, -0.15) is 5.26 Å². The maximum atomic E-state index is 10.9. The van der Waals surface area contributed by atoms with E-state index in [1.807, 2.05) is 6.07 Å². The van der Waals surface area contributed by atoms with Crippen molar-refractivity contribution in [2.75, 3.05) is 0 Å². The molecule has 0 aliphatic heterocycles. The fourth-order valence-electron chi connectivity index (χ4n) is 0.976. The fraction of sp³-hybridized carbons (Fsp3) is 0.250. The second-order valence-corrected chi connectivity index (χ2v) is 2.39. The molecule has 0 saturated carbocycles. The maximum Gasteiger partial charge on any atom is 0.176 e. The summed E-state index contributed by atoms with van der Waals surface area (Å²) in [5.74, 6) is -0.0194. The molecule has 56 valence electrons. The lowest BCUT2D eigenvalue weighted by Crippen LogP contribution is -1.99. The van der Waals surface area contributed by atoms with Gasteiger partial charge in [-0.05, 0) is 6.07 Å². The summed E-state index contributed by atoms with van der Waals surface area (Å²) in [5.41, 5.74) is 1.10. The SMILES string of the molecule is CC(=O)c1cc(C#N)cn1C. The van der Waals surface area contributed by atoms with Crippen LogP contribution in [0.1, 0.15) is 23.0 Å². The Morgan fingerprint density at radius 2 is 2.36 bits per heavy atom. The smallest absolute Gasteiger partial charge is 0.176 e. The maximum absolute atomic E-state index is 10.9. The van der Waals surface area contributed by atoms with Gasteiger partial charge in [0.1, 0.15) is 6.07 Å². The van der Waals surface area contributed by atoms with E-state index >= 15 is 0 Å². The fourth-order valence-corrected chi connectivity index (χ4v) is 0.976. The Morgan fingerprint density at radius 3 is 2.64 bits per heavy atom. The van der Waals surface area contributed by atoms with E-state index in [2.05, 4.69) is 0 Å². The monoisotopic (exact) mass is 148 g/mol. The molecular formula is C8H8N2O. The molecule has 0 bridgehead atoms. The summed E-state index contributed by atoms with van der Waals surface area (Å²) in [4.78, 5) is 10.9. The summed E-state index contributed by atoms with van der Waals surface area (Å²) >= 11 is 0. The van der Waals surface area contributed by atoms with Crippen LogP contribution >= 0.6 is 0 Å². The number of aryl methyl sites for hydroxylation is 1. The Hall–Kier alpha value is -1.56. The summed E-state index contributed by atoms with van der Waals surface area (Å²) in [7, 11) is 1.75. The first-order chi connectivity index (χ1) is 5.15. The second kappa shape index (κ2) is 2.59. The molecule has 0 unspecified atom stereocenters. The number of Topliss-reactive ketones (excluding diaryl/α,β-unsaturated/α-hetero) is 1. The van der Waals surface area contributed by atoms with Crippen LogP contribution in [0.5, 0.6) is 0 Å². The van der Waals surface area contributed by atoms with E-state index in [0.29, 0.717) is 11.3 Å². The molecule has 1 aromatic rings. The Balaban J connectivity index is 3.20. The van der Waals surface area contributed by atoms with Gasteiger partial charge in [-0.15, -0.1) is 0 Å². The van der Waals surface area contributed by atoms with Crippen LogP contribution in [-0.4, -0.2) is 10.4 Å². The predicted octanol–water partition coefficient (Wildman–Crippen LogP) is 1.10. The Morgan fingerprint density at radius 1 is 1.73 bits per heavy atom. The zero-order valence-electron chi connectivity index (χ0n) is 6.46. The van der Waals surface area contributed by atoms with Gasteiger partial charge in [0.2, 0.25) is 0 Å². The lowest BCUT2D eigenvalue weighted by atomic mass is 10.3. The first kappa shape index (κ1) is 7.55. The lowest BCUT2D eigenvalue weighted by Gasteiger charge is -1.94. The number of hydrogen-bond acceptors (Lipinski definition) is 2. The van der Waals surface area contributed by atoms with Crippen molar-refractivity contribution in [1.29, 1.82) is 5.26 Å². The van der Waals surface area contributed by atoms with E-state index in [9.17, 15) is 4.79 Å². The molecule has 1 rings (SSSR count). The van der Waals surface area contributed by atoms with Crippen LogP contribution < -0.4 is 0 Å². The standard InChI is InChI=1S/C8H8N2O/c1-6(11)8-3-7(4-9)5-10(8)2/h3,5H,1-2H3. The number of carbonyl (C=O) groups is 1. The summed E-state index contributed by atoms with van der Waals surface area (Å²) in [6, 6.07) is 3.56. The number of aromatic nitrogens is 1. The topological polar surface area (TPSA) is 45.8 Å². The molecule has 0 atom stereocenters. The molecule has 0 saturated heterocycles. The number of nitrogens with zero attached hydrogens (tertiary/aromatic N) is 2. The van der Waals surface area contributed by atoms with E-state index in [1.54, 1.807) is 23.9 Å². The highest BCUT2D eigenvalue weighted by molar-refractivity contribution is 5.92. The van der Waals surface area contributed by atoms with Crippen molar-refractivity contribution in [3.05, 3.63) is 23.5 Å². The molecule has 0 aromatic carbocycles. The van der Waals surface area contributed by atoms with Crippen LogP contribution in [0.25, 0.3) is 0 Å². The van der Waals surface area contributed by atoms with Crippen LogP contribution in [0, 0.1) is 11.3 Å². The predicted molar refractivity (Wildman–Crippen MR) is 40.1 cm³/mol. The number of hydrogen-bond donors (Lipinski definition) is 0. The van der Waals surface area contributed by atoms with Crippen molar-refractivity contribution in [3.8, 4) is 6.07 Å². The van der Waals surface area contributed by atoms with Crippen LogP contribution in [0.2, 0.25) is 0 Å². The lowest BCUT2D eigenvalue weighted by molar-refractivity contribution is 0.101. The van der Waals surface area contributed by atoms with Gasteiger partial charge in [0.15, 0.2) is 5.78 Å². The molecule has 0 radical (unpaired) electrons. The minimum atomic E-state index is -0.0194. The van der Waals surface area contributed by atoms with E-state index in [-0.39, 0.29) is 5.78 Å². The van der Waals surface area contributed by atoms with Gasteiger partial charge < -0.3 is 4.57 Å². The Bertz CT molecular complexity index is 330. The number of ketones is 1. The molecule has 1 heterocycles. The molecule has 0 aliphatic rings. The van der Waals surface area contributed by atoms with Gasteiger partial charge in [0, 0.05) is 20.2 Å². The average Bonchev–Trinajstić information content (AvgIpc) is 2.30. The van der Waals surface area contributed by atoms with Gasteiger partial charge in [0.05, 0.1) is 11.3 Å². The van der Waals surface area contributed by atoms with E-state index < -0.39 is 0 Å². The molecule has 0 fully saturated rings. The minimum absolute atomic E-state index is 0.0194. The molecule has 1 aromatic heterocycles. The van der Waals surface area contributed by atoms with Gasteiger partial charge in [-0.3, -0.25) is 4.79 Å². The van der Waals surface area contributed by atoms with Crippen LogP contribution in [0.4, 0.5) is 0 Å². The van der Waals surface area contributed by atoms with Gasteiger partial charge in [0.25, 0.3) is 0 Å². The van der Waals surface area contributed by atoms with Crippen LogP contribution in [0.15, 0.2) is 12.3 Å². The second-order valence-electron chi connectivity index (χ2n) is 2.39. The largest absolute Gasteiger partial charge is 0.347 e. The van der Waals surface area contributed by atoms with E-state index in [4.69, 9.17) is 5.26 Å². The third kappa shape index (κ3) is 1.30. The first-order valence-corrected chi connectivity index (χ1v) is 3.22. The minimum Gasteiger partial charge on any atom is -0.347 e. The van der Waals surface area contributed by atoms with Crippen molar-refractivity contribution in [2.24, 2.45) is 7.05 Å². The highest BCUT2D eigenvalue weighted by Gasteiger charge is 2.05. The molecule has 0 spiro atoms. The first-order valence-electron chi connectivity index (χ1n) is 3.22. The molecule has 3 nitrogen and oxygen atoms in total. The van der Waals surface area contributed by atoms with Gasteiger partial charge >= 0.3 is 0 Å². The van der Waals surface area contributed by atoms with Crippen molar-refractivity contribution >= 4 is 5.78 Å². The number of nitriles is 1. The van der Waals surface area contributed by atoms with Crippen molar-refractivity contribution in [1.82, 2.24) is 4.57 Å². The van der Waals surface area contributed by atoms with Crippen molar-refractivity contribution in [3.63, 3.8) is 0 Å². The highest BCUT2D eigenvalue weighted by Crippen LogP contribution is 2.05. The van der Waals surface area contributed by atoms with Gasteiger partial charge in [-0.1, -0.05) is 0 Å². The average molecular weight is 148 g/mol. The molecule has 0 aliphatic carbocycles. The molecule has 11 heavy (non-hydrogen) atoms. The summed E-state index contributed by atoms with van der Waals surface area (Å²) in [5, 5.41) is 8.48. The molecule has 0 N–H and O–H groups in total. The summed E-state index contributed by atoms with van der Waals surface area (Å²) in [6.07, 6.45) is 1.64. The van der Waals surface area contributed by atoms with E-state index in [1.165, 1.54) is 6.92 Å². The Labute approximate surface area is 64.9 Å². The molecule has 3 heteroatoms. The third-order valence-electron chi connectivity index (χ3n) is 1.49. The normalized spacial score (nSPS) is 9.18. The number of carbonyl (C=O) groups excluding carboxylic acids is 1. The molecule has 0 amide bonds. The molecular weight excluding hydrogens is 140 g/mol. The van der Waals surface area contributed by atoms with Crippen LogP contribution in [-0.2, 0) is 7.05 Å². The highest BCUT2D eigenvalue weighted by atomic mass is 16.1. The Kier molecular flexibility index (Phi) is 1.77. The van der Waals surface area contributed by atoms with Crippen molar-refractivity contribution in [2.45, 2.75) is 6.92 Å². The van der Waals surface area contributed by atoms with Crippen LogP contribution in [0.3, 0.4) is 0 Å². The third-order valence-corrected chi connectivity index (χ3v) is 1.49. The summed E-state index contributed by atoms with van der Waals surface area (Å²) < 4.78 is 1.65. The quantitative estimate of drug-likeness (QED) is 0.560. The van der Waals surface area contributed by atoms with E-state index in [0.717, 1.165) is 0 Å². The number of rotatable bonds is 1.